The Hall–Kier alpha value is -1.20. The van der Waals surface area contributed by atoms with E-state index in [1.165, 1.54) is 29.7 Å². The Morgan fingerprint density at radius 1 is 1.33 bits per heavy atom. The largest absolute Gasteiger partial charge is 0.399 e. The van der Waals surface area contributed by atoms with Crippen molar-refractivity contribution in [2.45, 2.75) is 37.3 Å². The topological polar surface area (TPSA) is 53.1 Å². The fourth-order valence-corrected chi connectivity index (χ4v) is 4.89. The van der Waals surface area contributed by atoms with Crippen molar-refractivity contribution in [3.05, 3.63) is 24.4 Å². The van der Waals surface area contributed by atoms with Crippen LogP contribution in [0.2, 0.25) is 0 Å². The van der Waals surface area contributed by atoms with Gasteiger partial charge in [-0.15, -0.1) is 0 Å². The maximum atomic E-state index is 6.19. The van der Waals surface area contributed by atoms with Crippen LogP contribution in [-0.2, 0) is 4.74 Å². The summed E-state index contributed by atoms with van der Waals surface area (Å²) in [4.78, 5) is 0. The van der Waals surface area contributed by atoms with Gasteiger partial charge in [0.2, 0.25) is 0 Å². The van der Waals surface area contributed by atoms with Gasteiger partial charge in [-0.05, 0) is 55.4 Å². The van der Waals surface area contributed by atoms with Crippen molar-refractivity contribution < 1.29 is 4.74 Å². The van der Waals surface area contributed by atoms with Crippen LogP contribution in [0.25, 0.3) is 10.9 Å². The van der Waals surface area contributed by atoms with Crippen molar-refractivity contribution in [3.8, 4) is 0 Å². The van der Waals surface area contributed by atoms with Gasteiger partial charge >= 0.3 is 0 Å². The number of anilines is 1. The number of nitrogens with zero attached hydrogens (tertiary/aromatic N) is 2. The summed E-state index contributed by atoms with van der Waals surface area (Å²) in [6.45, 7) is 0.846. The van der Waals surface area contributed by atoms with E-state index in [9.17, 15) is 0 Å². The van der Waals surface area contributed by atoms with Gasteiger partial charge in [-0.25, -0.2) is 0 Å². The van der Waals surface area contributed by atoms with Gasteiger partial charge in [0.15, 0.2) is 0 Å². The molecule has 1 aromatic heterocycles. The van der Waals surface area contributed by atoms with E-state index in [0.29, 0.717) is 6.04 Å². The number of ether oxygens (including phenoxy) is 1. The highest BCUT2D eigenvalue weighted by Crippen LogP contribution is 2.42. The third kappa shape index (κ3) is 2.42. The summed E-state index contributed by atoms with van der Waals surface area (Å²) in [7, 11) is 0. The standard InChI is InChI=1S/C16H21N3OS/c17-13-2-1-12-11-18-19(15(12)9-13)14-3-6-20-16(10-14)4-7-21-8-5-16/h1-2,9,11,14H,3-8,10,17H2. The molecule has 2 aliphatic rings. The van der Waals surface area contributed by atoms with Crippen LogP contribution in [-0.4, -0.2) is 33.5 Å². The van der Waals surface area contributed by atoms with E-state index in [1.54, 1.807) is 0 Å². The highest BCUT2D eigenvalue weighted by Gasteiger charge is 2.39. The number of benzene rings is 1. The van der Waals surface area contributed by atoms with E-state index in [0.717, 1.165) is 30.7 Å². The lowest BCUT2D eigenvalue weighted by Gasteiger charge is -2.43. The molecule has 0 radical (unpaired) electrons. The molecule has 1 atom stereocenters. The Bertz CT molecular complexity index is 642. The SMILES string of the molecule is Nc1ccc2cnn(C3CCOC4(CCSCC4)C3)c2c1. The number of nitrogen functional groups attached to an aromatic ring is 1. The molecule has 0 bridgehead atoms. The fourth-order valence-electron chi connectivity index (χ4n) is 3.65. The predicted octanol–water partition coefficient (Wildman–Crippen LogP) is 3.24. The first kappa shape index (κ1) is 13.5. The first-order valence-corrected chi connectivity index (χ1v) is 8.86. The molecule has 2 aliphatic heterocycles. The summed E-state index contributed by atoms with van der Waals surface area (Å²) in [5, 5.41) is 5.81. The van der Waals surface area contributed by atoms with Crippen LogP contribution in [0.3, 0.4) is 0 Å². The third-order valence-electron chi connectivity index (χ3n) is 4.84. The second-order valence-corrected chi connectivity index (χ2v) is 7.42. The monoisotopic (exact) mass is 303 g/mol. The van der Waals surface area contributed by atoms with Crippen molar-refractivity contribution in [1.82, 2.24) is 9.78 Å². The minimum absolute atomic E-state index is 0.0900. The molecule has 2 saturated heterocycles. The molecule has 1 unspecified atom stereocenters. The van der Waals surface area contributed by atoms with E-state index >= 15 is 0 Å². The van der Waals surface area contributed by atoms with Gasteiger partial charge in [0.25, 0.3) is 0 Å². The molecule has 0 amide bonds. The van der Waals surface area contributed by atoms with Crippen molar-refractivity contribution in [1.29, 1.82) is 0 Å². The molecule has 0 aliphatic carbocycles. The van der Waals surface area contributed by atoms with Crippen LogP contribution in [0, 0.1) is 0 Å². The average molecular weight is 303 g/mol. The quantitative estimate of drug-likeness (QED) is 0.822. The van der Waals surface area contributed by atoms with E-state index < -0.39 is 0 Å². The third-order valence-corrected chi connectivity index (χ3v) is 5.82. The fraction of sp³-hybridized carbons (Fsp3) is 0.562. The summed E-state index contributed by atoms with van der Waals surface area (Å²) < 4.78 is 8.37. The lowest BCUT2D eigenvalue weighted by Crippen LogP contribution is -2.43. The summed E-state index contributed by atoms with van der Waals surface area (Å²) in [6.07, 6.45) is 6.43. The van der Waals surface area contributed by atoms with Crippen LogP contribution < -0.4 is 5.73 Å². The normalized spacial score (nSPS) is 25.4. The van der Waals surface area contributed by atoms with Crippen LogP contribution in [0.15, 0.2) is 24.4 Å². The molecule has 21 heavy (non-hydrogen) atoms. The van der Waals surface area contributed by atoms with Gasteiger partial charge in [-0.1, -0.05) is 0 Å². The van der Waals surface area contributed by atoms with E-state index in [4.69, 9.17) is 10.5 Å². The molecule has 1 spiro atoms. The van der Waals surface area contributed by atoms with Gasteiger partial charge in [0.1, 0.15) is 0 Å². The molecule has 4 rings (SSSR count). The predicted molar refractivity (Wildman–Crippen MR) is 87.7 cm³/mol. The maximum absolute atomic E-state index is 6.19. The molecule has 1 aromatic carbocycles. The second-order valence-electron chi connectivity index (χ2n) is 6.20. The van der Waals surface area contributed by atoms with Gasteiger partial charge < -0.3 is 10.5 Å². The molecule has 3 heterocycles. The average Bonchev–Trinajstić information content (AvgIpc) is 2.91. The number of nitrogens with two attached hydrogens (primary N) is 1. The lowest BCUT2D eigenvalue weighted by molar-refractivity contribution is -0.0997. The minimum atomic E-state index is 0.0900. The molecular weight excluding hydrogens is 282 g/mol. The molecule has 5 heteroatoms. The van der Waals surface area contributed by atoms with Gasteiger partial charge in [-0.3, -0.25) is 4.68 Å². The van der Waals surface area contributed by atoms with Crippen molar-refractivity contribution in [2.75, 3.05) is 23.8 Å². The van der Waals surface area contributed by atoms with Crippen LogP contribution in [0.1, 0.15) is 31.7 Å². The number of aromatic nitrogens is 2. The first-order valence-electron chi connectivity index (χ1n) is 7.70. The molecule has 2 aromatic rings. The number of fused-ring (bicyclic) bond motifs is 1. The zero-order valence-electron chi connectivity index (χ0n) is 12.1. The van der Waals surface area contributed by atoms with E-state index in [2.05, 4.69) is 15.8 Å². The lowest BCUT2D eigenvalue weighted by atomic mass is 9.85. The summed E-state index contributed by atoms with van der Waals surface area (Å²) >= 11 is 2.05. The summed E-state index contributed by atoms with van der Waals surface area (Å²) in [5.41, 5.74) is 8.00. The highest BCUT2D eigenvalue weighted by atomic mass is 32.2. The minimum Gasteiger partial charge on any atom is -0.399 e. The van der Waals surface area contributed by atoms with Gasteiger partial charge in [-0.2, -0.15) is 16.9 Å². The van der Waals surface area contributed by atoms with Gasteiger partial charge in [0.05, 0.1) is 23.4 Å². The maximum Gasteiger partial charge on any atom is 0.0718 e. The summed E-state index contributed by atoms with van der Waals surface area (Å²) in [5.74, 6) is 2.44. The number of thioether (sulfide) groups is 1. The molecular formula is C16H21N3OS. The number of hydrogen-bond donors (Lipinski definition) is 1. The second kappa shape index (κ2) is 5.21. The van der Waals surface area contributed by atoms with Crippen LogP contribution in [0.5, 0.6) is 0 Å². The molecule has 0 saturated carbocycles. The number of rotatable bonds is 1. The van der Waals surface area contributed by atoms with E-state index in [-0.39, 0.29) is 5.60 Å². The zero-order chi connectivity index (χ0) is 14.3. The Morgan fingerprint density at radius 3 is 3.05 bits per heavy atom. The Morgan fingerprint density at radius 2 is 2.19 bits per heavy atom. The van der Waals surface area contributed by atoms with E-state index in [1.807, 2.05) is 30.1 Å². The molecule has 4 nitrogen and oxygen atoms in total. The van der Waals surface area contributed by atoms with Crippen molar-refractivity contribution in [3.63, 3.8) is 0 Å². The molecule has 2 fully saturated rings. The first-order chi connectivity index (χ1) is 10.3. The van der Waals surface area contributed by atoms with Crippen LogP contribution >= 0.6 is 11.8 Å². The molecule has 2 N–H and O–H groups in total. The zero-order valence-corrected chi connectivity index (χ0v) is 12.9. The number of hydrogen-bond acceptors (Lipinski definition) is 4. The smallest absolute Gasteiger partial charge is 0.0718 e. The van der Waals surface area contributed by atoms with Crippen molar-refractivity contribution in [2.24, 2.45) is 0 Å². The Labute approximate surface area is 129 Å². The van der Waals surface area contributed by atoms with Crippen LogP contribution in [0.4, 0.5) is 5.69 Å². The van der Waals surface area contributed by atoms with Crippen molar-refractivity contribution >= 4 is 28.4 Å². The highest BCUT2D eigenvalue weighted by molar-refractivity contribution is 7.99. The Balaban J connectivity index is 1.66. The van der Waals surface area contributed by atoms with Gasteiger partial charge in [0, 0.05) is 17.7 Å². The molecule has 112 valence electrons. The Kier molecular flexibility index (Phi) is 3.34. The summed E-state index contributed by atoms with van der Waals surface area (Å²) in [6, 6.07) is 6.47.